The van der Waals surface area contributed by atoms with E-state index < -0.39 is 0 Å². The van der Waals surface area contributed by atoms with Crippen molar-refractivity contribution in [1.29, 1.82) is 0 Å². The van der Waals surface area contributed by atoms with E-state index >= 15 is 0 Å². The average molecular weight is 284 g/mol. The molecule has 0 aromatic carbocycles. The number of hydrogen-bond donors (Lipinski definition) is 3. The Morgan fingerprint density at radius 2 is 2.37 bits per heavy atom. The first-order chi connectivity index (χ1) is 9.13. The topological polar surface area (TPSA) is 93.0 Å². The summed E-state index contributed by atoms with van der Waals surface area (Å²) in [5.74, 6) is 0.629. The molecule has 4 N–H and O–H groups in total. The lowest BCUT2D eigenvalue weighted by Crippen LogP contribution is -2.24. The Morgan fingerprint density at radius 1 is 1.58 bits per heavy atom. The zero-order valence-corrected chi connectivity index (χ0v) is 12.0. The molecule has 1 aromatic rings. The van der Waals surface area contributed by atoms with Gasteiger partial charge in [-0.3, -0.25) is 9.78 Å². The van der Waals surface area contributed by atoms with Crippen LogP contribution < -0.4 is 16.6 Å². The van der Waals surface area contributed by atoms with Crippen molar-refractivity contribution in [2.45, 2.75) is 49.8 Å². The molecule has 7 heteroatoms. The molecular formula is C12H20N4O2S. The van der Waals surface area contributed by atoms with Gasteiger partial charge in [-0.25, -0.2) is 0 Å². The van der Waals surface area contributed by atoms with E-state index in [-0.39, 0.29) is 17.7 Å². The normalized spacial score (nSPS) is 22.6. The van der Waals surface area contributed by atoms with E-state index in [2.05, 4.69) is 22.2 Å². The van der Waals surface area contributed by atoms with Gasteiger partial charge in [0.05, 0.1) is 6.10 Å². The molecular weight excluding hydrogens is 264 g/mol. The molecule has 1 saturated heterocycles. The van der Waals surface area contributed by atoms with Crippen LogP contribution in [0.5, 0.6) is 0 Å². The third-order valence-electron chi connectivity index (χ3n) is 3.12. The number of nitrogens with one attached hydrogen (secondary N) is 2. The zero-order chi connectivity index (χ0) is 13.8. The molecule has 106 valence electrons. The number of thioether (sulfide) groups is 1. The summed E-state index contributed by atoms with van der Waals surface area (Å²) in [6.45, 7) is 2.15. The second-order valence-electron chi connectivity index (χ2n) is 4.59. The fraction of sp³-hybridized carbons (Fsp3) is 0.667. The maximum absolute atomic E-state index is 11.8. The summed E-state index contributed by atoms with van der Waals surface area (Å²) in [4.78, 5) is 18.9. The molecule has 2 atom stereocenters. The van der Waals surface area contributed by atoms with Crippen molar-refractivity contribution < 1.29 is 4.74 Å². The molecule has 0 spiro atoms. The van der Waals surface area contributed by atoms with Gasteiger partial charge in [0.1, 0.15) is 11.1 Å². The first-order valence-corrected chi connectivity index (χ1v) is 7.72. The van der Waals surface area contributed by atoms with E-state index in [0.29, 0.717) is 16.8 Å². The highest BCUT2D eigenvalue weighted by Gasteiger charge is 2.25. The Kier molecular flexibility index (Phi) is 4.71. The molecule has 0 radical (unpaired) electrons. The Hall–Kier alpha value is -1.21. The summed E-state index contributed by atoms with van der Waals surface area (Å²) >= 11 is 1.35. The van der Waals surface area contributed by atoms with Gasteiger partial charge in [0.15, 0.2) is 5.82 Å². The number of nitrogens with two attached hydrogens (primary N) is 1. The van der Waals surface area contributed by atoms with Crippen LogP contribution in [0.15, 0.2) is 9.69 Å². The smallest absolute Gasteiger partial charge is 0.268 e. The molecule has 2 heterocycles. The summed E-state index contributed by atoms with van der Waals surface area (Å²) in [7, 11) is 0. The third-order valence-corrected chi connectivity index (χ3v) is 3.90. The van der Waals surface area contributed by atoms with Crippen molar-refractivity contribution >= 4 is 23.5 Å². The van der Waals surface area contributed by atoms with E-state index in [1.807, 2.05) is 6.26 Å². The van der Waals surface area contributed by atoms with Gasteiger partial charge in [0, 0.05) is 0 Å². The largest absolute Gasteiger partial charge is 0.369 e. The molecule has 0 aliphatic carbocycles. The van der Waals surface area contributed by atoms with Gasteiger partial charge in [-0.15, -0.1) is 11.8 Å². The standard InChI is InChI=1S/C12H20N4O2S/c1-3-4-7-5-6-8(18-7)14-10-9(19-2)11(17)16-12(13)15-10/h7-8H,3-6H2,1-2H3,(H4,13,14,15,16,17). The number of nitrogens with zero attached hydrogens (tertiary/aromatic N) is 1. The van der Waals surface area contributed by atoms with Gasteiger partial charge in [-0.2, -0.15) is 4.98 Å². The maximum atomic E-state index is 11.8. The van der Waals surface area contributed by atoms with E-state index in [4.69, 9.17) is 10.5 Å². The van der Waals surface area contributed by atoms with Crippen LogP contribution in [0.25, 0.3) is 0 Å². The summed E-state index contributed by atoms with van der Waals surface area (Å²) in [5, 5.41) is 3.18. The first kappa shape index (κ1) is 14.2. The summed E-state index contributed by atoms with van der Waals surface area (Å²) in [6.07, 6.45) is 6.20. The van der Waals surface area contributed by atoms with Crippen molar-refractivity contribution in [2.24, 2.45) is 0 Å². The Bertz CT molecular complexity index is 491. The highest BCUT2D eigenvalue weighted by Crippen LogP contribution is 2.26. The first-order valence-electron chi connectivity index (χ1n) is 6.49. The van der Waals surface area contributed by atoms with E-state index in [1.165, 1.54) is 11.8 Å². The van der Waals surface area contributed by atoms with Crippen molar-refractivity contribution in [3.63, 3.8) is 0 Å². The van der Waals surface area contributed by atoms with Crippen molar-refractivity contribution in [3.05, 3.63) is 10.4 Å². The molecule has 1 aliphatic heterocycles. The van der Waals surface area contributed by atoms with Crippen LogP contribution in [0.2, 0.25) is 0 Å². The molecule has 0 saturated carbocycles. The van der Waals surface area contributed by atoms with E-state index in [1.54, 1.807) is 0 Å². The number of ether oxygens (including phenoxy) is 1. The maximum Gasteiger partial charge on any atom is 0.268 e. The molecule has 1 aliphatic rings. The van der Waals surface area contributed by atoms with Gasteiger partial charge in [0.2, 0.25) is 5.95 Å². The van der Waals surface area contributed by atoms with Gasteiger partial charge >= 0.3 is 0 Å². The summed E-state index contributed by atoms with van der Waals surface area (Å²) < 4.78 is 5.87. The van der Waals surface area contributed by atoms with Crippen LogP contribution in [0, 0.1) is 0 Å². The number of hydrogen-bond acceptors (Lipinski definition) is 6. The molecule has 2 unspecified atom stereocenters. The van der Waals surface area contributed by atoms with Crippen LogP contribution in [-0.2, 0) is 4.74 Å². The number of nitrogen functional groups attached to an aromatic ring is 1. The predicted octanol–water partition coefficient (Wildman–Crippen LogP) is 1.79. The van der Waals surface area contributed by atoms with E-state index in [9.17, 15) is 4.79 Å². The highest BCUT2D eigenvalue weighted by atomic mass is 32.2. The number of anilines is 2. The predicted molar refractivity (Wildman–Crippen MR) is 77.5 cm³/mol. The average Bonchev–Trinajstić information content (AvgIpc) is 2.76. The molecule has 0 bridgehead atoms. The number of rotatable bonds is 5. The zero-order valence-electron chi connectivity index (χ0n) is 11.2. The van der Waals surface area contributed by atoms with Crippen LogP contribution in [0.1, 0.15) is 32.6 Å². The van der Waals surface area contributed by atoms with Crippen molar-refractivity contribution in [2.75, 3.05) is 17.3 Å². The minimum atomic E-state index is -0.217. The molecule has 1 aromatic heterocycles. The van der Waals surface area contributed by atoms with Crippen molar-refractivity contribution in [3.8, 4) is 0 Å². The Labute approximate surface area is 116 Å². The quantitative estimate of drug-likeness (QED) is 0.714. The monoisotopic (exact) mass is 284 g/mol. The Morgan fingerprint density at radius 3 is 3.05 bits per heavy atom. The third kappa shape index (κ3) is 3.42. The van der Waals surface area contributed by atoms with Gasteiger partial charge < -0.3 is 15.8 Å². The SMILES string of the molecule is CCCC1CCC(Nc2nc(N)[nH]c(=O)c2SC)O1. The molecule has 6 nitrogen and oxygen atoms in total. The minimum Gasteiger partial charge on any atom is -0.369 e. The Balaban J connectivity index is 2.09. The molecule has 0 amide bonds. The number of aromatic amines is 1. The van der Waals surface area contributed by atoms with Gasteiger partial charge in [0.25, 0.3) is 5.56 Å². The number of H-pyrrole nitrogens is 1. The second-order valence-corrected chi connectivity index (χ2v) is 5.41. The fourth-order valence-electron chi connectivity index (χ4n) is 2.27. The molecule has 1 fully saturated rings. The molecule has 19 heavy (non-hydrogen) atoms. The summed E-state index contributed by atoms with van der Waals surface area (Å²) in [5.41, 5.74) is 5.36. The minimum absolute atomic E-state index is 0.0869. The fourth-order valence-corrected chi connectivity index (χ4v) is 2.80. The van der Waals surface area contributed by atoms with Crippen LogP contribution in [0.3, 0.4) is 0 Å². The second kappa shape index (κ2) is 6.29. The number of aromatic nitrogens is 2. The van der Waals surface area contributed by atoms with Crippen LogP contribution in [0.4, 0.5) is 11.8 Å². The molecule has 2 rings (SSSR count). The summed E-state index contributed by atoms with van der Waals surface area (Å²) in [6, 6.07) is 0. The van der Waals surface area contributed by atoms with Crippen LogP contribution >= 0.6 is 11.8 Å². The van der Waals surface area contributed by atoms with E-state index in [0.717, 1.165) is 25.7 Å². The van der Waals surface area contributed by atoms with Crippen molar-refractivity contribution in [1.82, 2.24) is 9.97 Å². The van der Waals surface area contributed by atoms with Gasteiger partial charge in [-0.1, -0.05) is 13.3 Å². The van der Waals surface area contributed by atoms with Crippen LogP contribution in [-0.4, -0.2) is 28.6 Å². The lowest BCUT2D eigenvalue weighted by molar-refractivity contribution is 0.0550. The lowest BCUT2D eigenvalue weighted by Gasteiger charge is -2.16. The lowest BCUT2D eigenvalue weighted by atomic mass is 10.1. The highest BCUT2D eigenvalue weighted by molar-refractivity contribution is 7.98. The van der Waals surface area contributed by atoms with Gasteiger partial charge in [-0.05, 0) is 25.5 Å².